The van der Waals surface area contributed by atoms with Crippen LogP contribution in [0.25, 0.3) is 0 Å². The number of hydrogen-bond donors (Lipinski definition) is 2. The molecule has 1 aliphatic heterocycles. The summed E-state index contributed by atoms with van der Waals surface area (Å²) in [5.74, 6) is -1.81. The number of furan rings is 1. The van der Waals surface area contributed by atoms with Crippen LogP contribution in [0.15, 0.2) is 101 Å². The van der Waals surface area contributed by atoms with Crippen molar-refractivity contribution >= 4 is 46.2 Å². The maximum Gasteiger partial charge on any atom is 0.408 e. The molecule has 0 spiro atoms. The van der Waals surface area contributed by atoms with Crippen molar-refractivity contribution in [2.45, 2.75) is 31.4 Å². The lowest BCUT2D eigenvalue weighted by Crippen LogP contribution is -2.41. The van der Waals surface area contributed by atoms with Gasteiger partial charge in [-0.2, -0.15) is 0 Å². The third-order valence-corrected chi connectivity index (χ3v) is 7.56. The van der Waals surface area contributed by atoms with Crippen LogP contribution in [-0.2, 0) is 27.5 Å². The van der Waals surface area contributed by atoms with E-state index < -0.39 is 34.9 Å². The van der Waals surface area contributed by atoms with Crippen molar-refractivity contribution in [2.24, 2.45) is 4.99 Å². The molecule has 0 bridgehead atoms. The highest BCUT2D eigenvalue weighted by Gasteiger charge is 2.39. The largest absolute Gasteiger partial charge is 0.467 e. The summed E-state index contributed by atoms with van der Waals surface area (Å²) < 4.78 is 38.1. The van der Waals surface area contributed by atoms with Gasteiger partial charge < -0.3 is 19.8 Å². The molecule has 2 heterocycles. The van der Waals surface area contributed by atoms with E-state index in [0.717, 1.165) is 35.5 Å². The van der Waals surface area contributed by atoms with Crippen LogP contribution < -0.4 is 10.6 Å². The summed E-state index contributed by atoms with van der Waals surface area (Å²) >= 11 is 1.13. The Kier molecular flexibility index (Phi) is 9.16. The summed E-state index contributed by atoms with van der Waals surface area (Å²) in [6.07, 6.45) is 0.757. The second-order valence-corrected chi connectivity index (χ2v) is 10.6. The number of rotatable bonds is 9. The van der Waals surface area contributed by atoms with Gasteiger partial charge in [-0.1, -0.05) is 54.2 Å². The van der Waals surface area contributed by atoms with Crippen LogP contribution in [0, 0.1) is 11.6 Å². The summed E-state index contributed by atoms with van der Waals surface area (Å²) in [7, 11) is 0. The topological polar surface area (TPSA) is 113 Å². The number of halogens is 2. The summed E-state index contributed by atoms with van der Waals surface area (Å²) in [5.41, 5.74) is 1.93. The molecule has 5 rings (SSSR count). The molecular weight excluding hydrogens is 578 g/mol. The van der Waals surface area contributed by atoms with Gasteiger partial charge >= 0.3 is 6.09 Å². The number of carbonyl (C=O) groups excluding carboxylic acids is 3. The van der Waals surface area contributed by atoms with Crippen molar-refractivity contribution in [1.29, 1.82) is 0 Å². The Morgan fingerprint density at radius 2 is 1.74 bits per heavy atom. The molecule has 1 fully saturated rings. The third-order valence-electron chi connectivity index (χ3n) is 6.33. The zero-order valence-electron chi connectivity index (χ0n) is 22.8. The first kappa shape index (κ1) is 29.5. The molecule has 1 saturated heterocycles. The molecule has 2 atom stereocenters. The molecule has 0 aliphatic carbocycles. The van der Waals surface area contributed by atoms with Crippen LogP contribution in [0.4, 0.5) is 25.0 Å². The summed E-state index contributed by atoms with van der Waals surface area (Å²) in [4.78, 5) is 44.0. The Morgan fingerprint density at radius 3 is 2.42 bits per heavy atom. The number of amides is 3. The molecule has 43 heavy (non-hydrogen) atoms. The molecule has 2 N–H and O–H groups in total. The first-order chi connectivity index (χ1) is 20.7. The van der Waals surface area contributed by atoms with E-state index >= 15 is 0 Å². The van der Waals surface area contributed by atoms with Crippen LogP contribution in [-0.4, -0.2) is 34.0 Å². The second kappa shape index (κ2) is 13.3. The van der Waals surface area contributed by atoms with Crippen molar-refractivity contribution < 1.29 is 32.3 Å². The number of nitrogens with one attached hydrogen (secondary N) is 2. The molecule has 1 aliphatic rings. The number of benzene rings is 3. The van der Waals surface area contributed by atoms with Gasteiger partial charge in [0.25, 0.3) is 0 Å². The number of ether oxygens (including phenoxy) is 1. The van der Waals surface area contributed by atoms with Gasteiger partial charge in [-0.3, -0.25) is 14.5 Å². The molecule has 0 saturated carbocycles. The Morgan fingerprint density at radius 1 is 1.02 bits per heavy atom. The van der Waals surface area contributed by atoms with E-state index in [0.29, 0.717) is 17.0 Å². The molecular formula is C31H26F2N4O5S. The first-order valence-corrected chi connectivity index (χ1v) is 14.1. The van der Waals surface area contributed by atoms with E-state index in [2.05, 4.69) is 15.6 Å². The normalized spacial score (nSPS) is 16.3. The minimum absolute atomic E-state index is 0.0302. The molecule has 12 heteroatoms. The van der Waals surface area contributed by atoms with Crippen molar-refractivity contribution in [1.82, 2.24) is 10.2 Å². The Labute approximate surface area is 249 Å². The zero-order chi connectivity index (χ0) is 30.3. The number of carbonyl (C=O) groups is 3. The molecule has 4 aromatic rings. The average Bonchev–Trinajstić information content (AvgIpc) is 3.61. The zero-order valence-corrected chi connectivity index (χ0v) is 23.6. The van der Waals surface area contributed by atoms with Crippen molar-refractivity contribution in [3.8, 4) is 0 Å². The van der Waals surface area contributed by atoms with Crippen LogP contribution in [0.1, 0.15) is 29.1 Å². The van der Waals surface area contributed by atoms with Gasteiger partial charge in [0.05, 0.1) is 18.5 Å². The number of aliphatic imine (C=N–C) groups is 1. The summed E-state index contributed by atoms with van der Waals surface area (Å²) in [6, 6.07) is 21.2. The molecule has 220 valence electrons. The standard InChI is InChI=1S/C31H26F2N4O5S/c1-19(34-31(40)42-18-20-6-3-2-4-7-20)28(38)35-24-11-9-21(10-12-24)27-29(39)37(17-26-8-5-13-41-26)30(43-27)36-25-15-22(32)14-23(33)16-25/h2-16,19,27H,17-18H2,1H3,(H,34,40)(H,35,38)/b36-30-/t19-,27?/m0/s1. The Hall–Kier alpha value is -4.97. The predicted molar refractivity (Wildman–Crippen MR) is 157 cm³/mol. The van der Waals surface area contributed by atoms with Gasteiger partial charge in [0.15, 0.2) is 5.17 Å². The number of amidine groups is 1. The highest BCUT2D eigenvalue weighted by molar-refractivity contribution is 8.15. The molecule has 3 amide bonds. The van der Waals surface area contributed by atoms with Gasteiger partial charge in [0.1, 0.15) is 35.3 Å². The Bertz CT molecular complexity index is 1610. The lowest BCUT2D eigenvalue weighted by molar-refractivity contribution is -0.126. The maximum absolute atomic E-state index is 13.8. The smallest absolute Gasteiger partial charge is 0.408 e. The monoisotopic (exact) mass is 604 g/mol. The van der Waals surface area contributed by atoms with E-state index in [1.807, 2.05) is 30.3 Å². The van der Waals surface area contributed by atoms with Crippen molar-refractivity contribution in [2.75, 3.05) is 5.32 Å². The molecule has 9 nitrogen and oxygen atoms in total. The first-order valence-electron chi connectivity index (χ1n) is 13.2. The van der Waals surface area contributed by atoms with E-state index in [9.17, 15) is 23.2 Å². The van der Waals surface area contributed by atoms with Gasteiger partial charge in [-0.05, 0) is 54.4 Å². The van der Waals surface area contributed by atoms with Crippen molar-refractivity contribution in [3.63, 3.8) is 0 Å². The lowest BCUT2D eigenvalue weighted by atomic mass is 10.1. The average molecular weight is 605 g/mol. The van der Waals surface area contributed by atoms with Crippen LogP contribution in [0.5, 0.6) is 0 Å². The Balaban J connectivity index is 1.24. The number of alkyl carbamates (subject to hydrolysis) is 1. The third kappa shape index (κ3) is 7.66. The van der Waals surface area contributed by atoms with Gasteiger partial charge in [-0.25, -0.2) is 18.6 Å². The van der Waals surface area contributed by atoms with Gasteiger partial charge in [0, 0.05) is 11.8 Å². The fourth-order valence-electron chi connectivity index (χ4n) is 4.17. The summed E-state index contributed by atoms with van der Waals surface area (Å²) in [5, 5.41) is 4.77. The lowest BCUT2D eigenvalue weighted by Gasteiger charge is -2.16. The maximum atomic E-state index is 13.8. The highest BCUT2D eigenvalue weighted by atomic mass is 32.2. The molecule has 3 aromatic carbocycles. The van der Waals surface area contributed by atoms with Crippen LogP contribution in [0.2, 0.25) is 0 Å². The molecule has 1 unspecified atom stereocenters. The highest BCUT2D eigenvalue weighted by Crippen LogP contribution is 2.41. The van der Waals surface area contributed by atoms with Crippen LogP contribution in [0.3, 0.4) is 0 Å². The number of nitrogens with zero attached hydrogens (tertiary/aromatic N) is 2. The van der Waals surface area contributed by atoms with E-state index in [4.69, 9.17) is 9.15 Å². The molecule has 1 aromatic heterocycles. The quantitative estimate of drug-likeness (QED) is 0.231. The summed E-state index contributed by atoms with van der Waals surface area (Å²) in [6.45, 7) is 1.68. The second-order valence-electron chi connectivity index (χ2n) is 9.56. The molecule has 0 radical (unpaired) electrons. The minimum atomic E-state index is -0.878. The van der Waals surface area contributed by atoms with Gasteiger partial charge in [-0.15, -0.1) is 0 Å². The van der Waals surface area contributed by atoms with Crippen LogP contribution >= 0.6 is 11.8 Å². The fraction of sp³-hybridized carbons (Fsp3) is 0.161. The predicted octanol–water partition coefficient (Wildman–Crippen LogP) is 6.32. The van der Waals surface area contributed by atoms with E-state index in [-0.39, 0.29) is 29.9 Å². The SMILES string of the molecule is C[C@H](NC(=O)OCc1ccccc1)C(=O)Nc1ccc(C2S/C(=N\c3cc(F)cc(F)c3)N(Cc3ccco3)C2=O)cc1. The number of hydrogen-bond acceptors (Lipinski definition) is 7. The minimum Gasteiger partial charge on any atom is -0.467 e. The fourth-order valence-corrected chi connectivity index (χ4v) is 5.34. The number of thioether (sulfide) groups is 1. The van der Waals surface area contributed by atoms with E-state index in [1.54, 1.807) is 36.4 Å². The van der Waals surface area contributed by atoms with E-state index in [1.165, 1.54) is 18.1 Å². The van der Waals surface area contributed by atoms with Crippen molar-refractivity contribution in [3.05, 3.63) is 120 Å². The van der Waals surface area contributed by atoms with Gasteiger partial charge in [0.2, 0.25) is 11.8 Å². The number of anilines is 1.